The summed E-state index contributed by atoms with van der Waals surface area (Å²) in [5.41, 5.74) is 2.56. The fraction of sp³-hybridized carbons (Fsp3) is 0.550. The van der Waals surface area contributed by atoms with E-state index in [1.54, 1.807) is 0 Å². The Morgan fingerprint density at radius 2 is 1.83 bits per heavy atom. The van der Waals surface area contributed by atoms with E-state index in [4.69, 9.17) is 0 Å². The Labute approximate surface area is 139 Å². The zero-order valence-corrected chi connectivity index (χ0v) is 14.0. The molecule has 3 heteroatoms. The number of amides is 1. The molecule has 124 valence electrons. The molecule has 1 fully saturated rings. The lowest BCUT2D eigenvalue weighted by atomic mass is 10.0. The lowest BCUT2D eigenvalue weighted by molar-refractivity contribution is -0.121. The van der Waals surface area contributed by atoms with Crippen molar-refractivity contribution in [3.05, 3.63) is 47.5 Å². The van der Waals surface area contributed by atoms with Crippen molar-refractivity contribution < 1.29 is 4.79 Å². The van der Waals surface area contributed by atoms with Crippen molar-refractivity contribution in [1.82, 2.24) is 10.2 Å². The number of likely N-dealkylation sites (tertiary alicyclic amines) is 1. The summed E-state index contributed by atoms with van der Waals surface area (Å²) in [6, 6.07) is 8.70. The molecule has 2 aliphatic rings. The second-order valence-electron chi connectivity index (χ2n) is 6.90. The summed E-state index contributed by atoms with van der Waals surface area (Å²) in [4.78, 5) is 14.5. The molecule has 3 nitrogen and oxygen atoms in total. The van der Waals surface area contributed by atoms with Crippen molar-refractivity contribution in [3.8, 4) is 0 Å². The van der Waals surface area contributed by atoms with Gasteiger partial charge in [-0.2, -0.15) is 0 Å². The Kier molecular flexibility index (Phi) is 5.87. The van der Waals surface area contributed by atoms with Crippen LogP contribution < -0.4 is 5.32 Å². The minimum absolute atomic E-state index is 0.166. The van der Waals surface area contributed by atoms with Gasteiger partial charge < -0.3 is 5.32 Å². The number of allylic oxidation sites excluding steroid dienone is 2. The highest BCUT2D eigenvalue weighted by atomic mass is 16.1. The third-order valence-electron chi connectivity index (χ3n) is 4.93. The third kappa shape index (κ3) is 5.21. The molecule has 0 aromatic heterocycles. The van der Waals surface area contributed by atoms with Crippen LogP contribution in [0.4, 0.5) is 0 Å². The molecular weight excluding hydrogens is 284 g/mol. The number of benzene rings is 1. The first kappa shape index (κ1) is 16.3. The summed E-state index contributed by atoms with van der Waals surface area (Å²) < 4.78 is 0. The van der Waals surface area contributed by atoms with E-state index in [1.165, 1.54) is 43.5 Å². The van der Waals surface area contributed by atoms with Crippen molar-refractivity contribution in [2.45, 2.75) is 51.6 Å². The fourth-order valence-electron chi connectivity index (χ4n) is 3.51. The quantitative estimate of drug-likeness (QED) is 0.813. The summed E-state index contributed by atoms with van der Waals surface area (Å²) in [7, 11) is 0. The summed E-state index contributed by atoms with van der Waals surface area (Å²) in [5, 5.41) is 3.04. The van der Waals surface area contributed by atoms with E-state index < -0.39 is 0 Å². The molecule has 1 aromatic carbocycles. The standard InChI is InChI=1S/C20H28N2O/c23-20(14-17-6-2-3-7-17)21-15-18-8-10-19(11-9-18)16-22-12-4-1-5-13-22/h2,6,8-11,17H,1,3-5,7,12-16H2,(H,21,23). The molecule has 1 heterocycles. The van der Waals surface area contributed by atoms with E-state index in [0.717, 1.165) is 19.4 Å². The second kappa shape index (κ2) is 8.30. The van der Waals surface area contributed by atoms with Gasteiger partial charge in [-0.3, -0.25) is 9.69 Å². The van der Waals surface area contributed by atoms with Gasteiger partial charge in [0, 0.05) is 19.5 Å². The molecule has 1 aromatic rings. The van der Waals surface area contributed by atoms with Crippen LogP contribution >= 0.6 is 0 Å². The minimum atomic E-state index is 0.166. The molecule has 1 aliphatic heterocycles. The van der Waals surface area contributed by atoms with Gasteiger partial charge in [0.05, 0.1) is 0 Å². The Hall–Kier alpha value is -1.61. The van der Waals surface area contributed by atoms with Gasteiger partial charge in [-0.1, -0.05) is 42.8 Å². The molecule has 0 radical (unpaired) electrons. The number of hydrogen-bond donors (Lipinski definition) is 1. The number of carbonyl (C=O) groups is 1. The van der Waals surface area contributed by atoms with E-state index >= 15 is 0 Å². The van der Waals surface area contributed by atoms with Gasteiger partial charge in [-0.25, -0.2) is 0 Å². The molecule has 23 heavy (non-hydrogen) atoms. The van der Waals surface area contributed by atoms with Crippen LogP contribution in [0.2, 0.25) is 0 Å². The van der Waals surface area contributed by atoms with Crippen molar-refractivity contribution in [2.75, 3.05) is 13.1 Å². The molecular formula is C20H28N2O. The summed E-state index contributed by atoms with van der Waals surface area (Å²) in [6.07, 6.45) is 11.3. The summed E-state index contributed by atoms with van der Waals surface area (Å²) >= 11 is 0. The maximum absolute atomic E-state index is 12.0. The van der Waals surface area contributed by atoms with Crippen LogP contribution in [0.1, 0.15) is 49.7 Å². The van der Waals surface area contributed by atoms with Gasteiger partial charge in [0.1, 0.15) is 0 Å². The molecule has 3 rings (SSSR count). The number of hydrogen-bond acceptors (Lipinski definition) is 2. The molecule has 0 spiro atoms. The first-order chi connectivity index (χ1) is 11.3. The Morgan fingerprint density at radius 3 is 2.52 bits per heavy atom. The molecule has 1 unspecified atom stereocenters. The number of nitrogens with zero attached hydrogens (tertiary/aromatic N) is 1. The second-order valence-corrected chi connectivity index (χ2v) is 6.90. The maximum atomic E-state index is 12.0. The Bertz CT molecular complexity index is 529. The third-order valence-corrected chi connectivity index (χ3v) is 4.93. The Balaban J connectivity index is 1.41. The van der Waals surface area contributed by atoms with E-state index in [0.29, 0.717) is 18.9 Å². The van der Waals surface area contributed by atoms with Gasteiger partial charge in [-0.15, -0.1) is 0 Å². The molecule has 1 atom stereocenters. The maximum Gasteiger partial charge on any atom is 0.220 e. The zero-order valence-electron chi connectivity index (χ0n) is 14.0. The SMILES string of the molecule is O=C(CC1C=CCC1)NCc1ccc(CN2CCCCC2)cc1. The van der Waals surface area contributed by atoms with Crippen LogP contribution in [-0.2, 0) is 17.9 Å². The van der Waals surface area contributed by atoms with E-state index in [1.807, 2.05) is 0 Å². The van der Waals surface area contributed by atoms with Gasteiger partial charge in [-0.05, 0) is 55.8 Å². The highest BCUT2D eigenvalue weighted by Crippen LogP contribution is 2.20. The van der Waals surface area contributed by atoms with Gasteiger partial charge in [0.15, 0.2) is 0 Å². The fourth-order valence-corrected chi connectivity index (χ4v) is 3.51. The molecule has 0 bridgehead atoms. The van der Waals surface area contributed by atoms with Gasteiger partial charge >= 0.3 is 0 Å². The van der Waals surface area contributed by atoms with Gasteiger partial charge in [0.2, 0.25) is 5.91 Å². The number of nitrogens with one attached hydrogen (secondary N) is 1. The topological polar surface area (TPSA) is 32.3 Å². The first-order valence-electron chi connectivity index (χ1n) is 9.03. The average Bonchev–Trinajstić information content (AvgIpc) is 3.08. The zero-order chi connectivity index (χ0) is 15.9. The van der Waals surface area contributed by atoms with Crippen molar-refractivity contribution in [3.63, 3.8) is 0 Å². The van der Waals surface area contributed by atoms with Crippen LogP contribution in [0.5, 0.6) is 0 Å². The monoisotopic (exact) mass is 312 g/mol. The molecule has 0 saturated carbocycles. The highest BCUT2D eigenvalue weighted by Gasteiger charge is 2.14. The minimum Gasteiger partial charge on any atom is -0.352 e. The van der Waals surface area contributed by atoms with E-state index in [9.17, 15) is 4.79 Å². The number of piperidine rings is 1. The van der Waals surface area contributed by atoms with Crippen LogP contribution in [0.25, 0.3) is 0 Å². The molecule has 1 aliphatic carbocycles. The van der Waals surface area contributed by atoms with Crippen LogP contribution in [-0.4, -0.2) is 23.9 Å². The van der Waals surface area contributed by atoms with Crippen molar-refractivity contribution >= 4 is 5.91 Å². The number of carbonyl (C=O) groups excluding carboxylic acids is 1. The summed E-state index contributed by atoms with van der Waals surface area (Å²) in [6.45, 7) is 4.15. The summed E-state index contributed by atoms with van der Waals surface area (Å²) in [5.74, 6) is 0.612. The molecule has 1 amide bonds. The largest absolute Gasteiger partial charge is 0.352 e. The van der Waals surface area contributed by atoms with Crippen LogP contribution in [0.3, 0.4) is 0 Å². The number of rotatable bonds is 6. The van der Waals surface area contributed by atoms with Crippen molar-refractivity contribution in [2.24, 2.45) is 5.92 Å². The molecule has 1 N–H and O–H groups in total. The lowest BCUT2D eigenvalue weighted by Gasteiger charge is -2.26. The van der Waals surface area contributed by atoms with E-state index in [2.05, 4.69) is 46.6 Å². The normalized spacial score (nSPS) is 21.5. The van der Waals surface area contributed by atoms with Crippen LogP contribution in [0, 0.1) is 5.92 Å². The average molecular weight is 312 g/mol. The first-order valence-corrected chi connectivity index (χ1v) is 9.03. The van der Waals surface area contributed by atoms with E-state index in [-0.39, 0.29) is 5.91 Å². The lowest BCUT2D eigenvalue weighted by Crippen LogP contribution is -2.29. The predicted octanol–water partition coefficient (Wildman–Crippen LogP) is 3.65. The highest BCUT2D eigenvalue weighted by molar-refractivity contribution is 5.76. The molecule has 1 saturated heterocycles. The van der Waals surface area contributed by atoms with Gasteiger partial charge in [0.25, 0.3) is 0 Å². The Morgan fingerprint density at radius 1 is 1.09 bits per heavy atom. The van der Waals surface area contributed by atoms with Crippen molar-refractivity contribution in [1.29, 1.82) is 0 Å². The predicted molar refractivity (Wildman–Crippen MR) is 93.9 cm³/mol. The van der Waals surface area contributed by atoms with Crippen LogP contribution in [0.15, 0.2) is 36.4 Å². The smallest absolute Gasteiger partial charge is 0.220 e.